The first-order valence-electron chi connectivity index (χ1n) is 13.7. The first-order valence-corrected chi connectivity index (χ1v) is 13.7. The van der Waals surface area contributed by atoms with E-state index in [2.05, 4.69) is 22.8 Å². The molecule has 0 radical (unpaired) electrons. The van der Waals surface area contributed by atoms with E-state index in [9.17, 15) is 19.5 Å². The average Bonchev–Trinajstić information content (AvgIpc) is 3.57. The molecule has 1 fully saturated rings. The predicted molar refractivity (Wildman–Crippen MR) is 150 cm³/mol. The fraction of sp³-hybridized carbons (Fsp3) is 0.344. The zero-order valence-corrected chi connectivity index (χ0v) is 22.4. The second-order valence-corrected chi connectivity index (χ2v) is 10.5. The fourth-order valence-electron chi connectivity index (χ4n) is 5.69. The Bertz CT molecular complexity index is 1310. The Balaban J connectivity index is 1.25. The minimum Gasteiger partial charge on any atom is -0.481 e. The maximum absolute atomic E-state index is 13.3. The lowest BCUT2D eigenvalue weighted by molar-refractivity contribution is -0.141. The maximum atomic E-state index is 13.3. The van der Waals surface area contributed by atoms with E-state index >= 15 is 0 Å². The third-order valence-electron chi connectivity index (χ3n) is 7.85. The van der Waals surface area contributed by atoms with Gasteiger partial charge in [-0.05, 0) is 54.0 Å². The van der Waals surface area contributed by atoms with Gasteiger partial charge in [0, 0.05) is 12.0 Å². The largest absolute Gasteiger partial charge is 0.481 e. The number of carbonyl (C=O) groups excluding carboxylic acids is 2. The van der Waals surface area contributed by atoms with Gasteiger partial charge in [-0.15, -0.1) is 0 Å². The molecule has 208 valence electrons. The topological polar surface area (TPSA) is 114 Å². The summed E-state index contributed by atoms with van der Waals surface area (Å²) in [5.41, 5.74) is 5.39. The Morgan fingerprint density at radius 3 is 2.15 bits per heavy atom. The van der Waals surface area contributed by atoms with Crippen molar-refractivity contribution in [1.29, 1.82) is 0 Å². The van der Waals surface area contributed by atoms with Crippen molar-refractivity contribution in [2.45, 2.75) is 56.9 Å². The lowest BCUT2D eigenvalue weighted by Crippen LogP contribution is -2.55. The standard InChI is InChI=1S/C32H34N2O6/c1-20(39-18-21-9-3-2-4-10-21)29(30(35)33-23-16-15-22(17-23)31(36)37)34-32(38)40-19-28-26-13-7-5-11-24(26)25-12-6-8-14-27(25)28/h2-14,20,22-23,28-29H,15-19H2,1H3,(H,33,35)(H,34,38)(H,36,37)/t20-,22+,23-,29+/m0/s1. The number of carbonyl (C=O) groups is 3. The number of rotatable bonds is 10. The van der Waals surface area contributed by atoms with Gasteiger partial charge >= 0.3 is 12.1 Å². The Labute approximate surface area is 233 Å². The van der Waals surface area contributed by atoms with Crippen LogP contribution in [0.1, 0.15) is 48.8 Å². The number of carboxylic acid groups (broad SMARTS) is 1. The van der Waals surface area contributed by atoms with Gasteiger partial charge in [0.25, 0.3) is 0 Å². The van der Waals surface area contributed by atoms with Crippen LogP contribution >= 0.6 is 0 Å². The lowest BCUT2D eigenvalue weighted by Gasteiger charge is -2.26. The van der Waals surface area contributed by atoms with Crippen molar-refractivity contribution < 1.29 is 29.0 Å². The number of nitrogens with one attached hydrogen (secondary N) is 2. The number of hydrogen-bond acceptors (Lipinski definition) is 5. The number of amides is 2. The Hall–Kier alpha value is -4.17. The highest BCUT2D eigenvalue weighted by atomic mass is 16.5. The van der Waals surface area contributed by atoms with Gasteiger partial charge in [0.15, 0.2) is 0 Å². The van der Waals surface area contributed by atoms with E-state index in [-0.39, 0.29) is 25.2 Å². The molecule has 3 aromatic rings. The average molecular weight is 543 g/mol. The molecule has 0 heterocycles. The van der Waals surface area contributed by atoms with Crippen LogP contribution in [0.2, 0.25) is 0 Å². The smallest absolute Gasteiger partial charge is 0.407 e. The molecule has 0 unspecified atom stereocenters. The molecule has 8 nitrogen and oxygen atoms in total. The highest BCUT2D eigenvalue weighted by Crippen LogP contribution is 2.44. The van der Waals surface area contributed by atoms with Crippen molar-refractivity contribution in [3.63, 3.8) is 0 Å². The molecule has 2 aliphatic rings. The third-order valence-corrected chi connectivity index (χ3v) is 7.85. The van der Waals surface area contributed by atoms with Crippen LogP contribution in [-0.4, -0.2) is 47.9 Å². The Morgan fingerprint density at radius 2 is 1.52 bits per heavy atom. The van der Waals surface area contributed by atoms with Gasteiger partial charge in [0.2, 0.25) is 5.91 Å². The molecule has 0 spiro atoms. The van der Waals surface area contributed by atoms with Gasteiger partial charge in [-0.25, -0.2) is 4.79 Å². The molecule has 8 heteroatoms. The van der Waals surface area contributed by atoms with Crippen molar-refractivity contribution in [3.05, 3.63) is 95.6 Å². The van der Waals surface area contributed by atoms with E-state index in [1.807, 2.05) is 66.7 Å². The van der Waals surface area contributed by atoms with Crippen LogP contribution in [-0.2, 0) is 25.7 Å². The quantitative estimate of drug-likeness (QED) is 0.337. The van der Waals surface area contributed by atoms with Crippen LogP contribution in [0.15, 0.2) is 78.9 Å². The number of hydrogen-bond donors (Lipinski definition) is 3. The van der Waals surface area contributed by atoms with Crippen LogP contribution in [0.5, 0.6) is 0 Å². The van der Waals surface area contributed by atoms with Crippen molar-refractivity contribution in [1.82, 2.24) is 10.6 Å². The van der Waals surface area contributed by atoms with E-state index in [1.165, 1.54) is 0 Å². The van der Waals surface area contributed by atoms with Gasteiger partial charge in [-0.1, -0.05) is 78.9 Å². The summed E-state index contributed by atoms with van der Waals surface area (Å²) in [6.07, 6.45) is 0.0481. The van der Waals surface area contributed by atoms with Crippen molar-refractivity contribution in [2.75, 3.05) is 6.61 Å². The molecule has 5 rings (SSSR count). The van der Waals surface area contributed by atoms with Gasteiger partial charge in [-0.2, -0.15) is 0 Å². The predicted octanol–water partition coefficient (Wildman–Crippen LogP) is 4.87. The summed E-state index contributed by atoms with van der Waals surface area (Å²) in [5, 5.41) is 15.0. The molecule has 2 amide bonds. The molecule has 3 aromatic carbocycles. The van der Waals surface area contributed by atoms with Crippen LogP contribution in [0.4, 0.5) is 4.79 Å². The van der Waals surface area contributed by atoms with Crippen LogP contribution in [0.3, 0.4) is 0 Å². The minimum absolute atomic E-state index is 0.108. The van der Waals surface area contributed by atoms with Crippen LogP contribution in [0.25, 0.3) is 11.1 Å². The molecule has 0 saturated heterocycles. The van der Waals surface area contributed by atoms with Gasteiger partial charge in [-0.3, -0.25) is 9.59 Å². The molecule has 3 N–H and O–H groups in total. The van der Waals surface area contributed by atoms with E-state index in [4.69, 9.17) is 9.47 Å². The molecule has 0 aliphatic heterocycles. The second-order valence-electron chi connectivity index (χ2n) is 10.5. The van der Waals surface area contributed by atoms with Gasteiger partial charge < -0.3 is 25.2 Å². The van der Waals surface area contributed by atoms with Crippen molar-refractivity contribution in [3.8, 4) is 11.1 Å². The second kappa shape index (κ2) is 12.3. The number of benzene rings is 3. The number of alkyl carbamates (subject to hydrolysis) is 1. The summed E-state index contributed by atoms with van der Waals surface area (Å²) < 4.78 is 11.7. The van der Waals surface area contributed by atoms with Gasteiger partial charge in [0.1, 0.15) is 12.6 Å². The zero-order chi connectivity index (χ0) is 28.1. The summed E-state index contributed by atoms with van der Waals surface area (Å²) in [4.78, 5) is 37.8. The van der Waals surface area contributed by atoms with Gasteiger partial charge in [0.05, 0.1) is 18.6 Å². The zero-order valence-electron chi connectivity index (χ0n) is 22.4. The van der Waals surface area contributed by atoms with Crippen molar-refractivity contribution in [2.24, 2.45) is 5.92 Å². The van der Waals surface area contributed by atoms with Crippen molar-refractivity contribution >= 4 is 18.0 Å². The molecule has 0 bridgehead atoms. The van der Waals surface area contributed by atoms with E-state index in [0.29, 0.717) is 19.3 Å². The maximum Gasteiger partial charge on any atom is 0.407 e. The molecule has 0 aromatic heterocycles. The summed E-state index contributed by atoms with van der Waals surface area (Å²) in [6.45, 7) is 2.12. The SMILES string of the molecule is C[C@H](OCc1ccccc1)[C@@H](NC(=O)OCC1c2ccccc2-c2ccccc21)C(=O)N[C@H]1CC[C@@H](C(=O)O)C1. The minimum atomic E-state index is -1.02. The summed E-state index contributed by atoms with van der Waals surface area (Å²) >= 11 is 0. The molecule has 40 heavy (non-hydrogen) atoms. The highest BCUT2D eigenvalue weighted by molar-refractivity contribution is 5.86. The van der Waals surface area contributed by atoms with E-state index in [0.717, 1.165) is 27.8 Å². The van der Waals surface area contributed by atoms with Crippen LogP contribution < -0.4 is 10.6 Å². The molecular formula is C32H34N2O6. The number of aliphatic carboxylic acids is 1. The summed E-state index contributed by atoms with van der Waals surface area (Å²) in [5.74, 6) is -1.87. The normalized spacial score (nSPS) is 19.2. The molecule has 1 saturated carbocycles. The Morgan fingerprint density at radius 1 is 0.900 bits per heavy atom. The first kappa shape index (κ1) is 27.4. The molecule has 4 atom stereocenters. The summed E-state index contributed by atoms with van der Waals surface area (Å²) in [6, 6.07) is 24.4. The van der Waals surface area contributed by atoms with Crippen LogP contribution in [0, 0.1) is 5.92 Å². The fourth-order valence-corrected chi connectivity index (χ4v) is 5.69. The first-order chi connectivity index (χ1) is 19.4. The monoisotopic (exact) mass is 542 g/mol. The van der Waals surface area contributed by atoms with E-state index < -0.39 is 36.0 Å². The number of fused-ring (bicyclic) bond motifs is 3. The Kier molecular flexibility index (Phi) is 8.45. The van der Waals surface area contributed by atoms with E-state index in [1.54, 1.807) is 6.92 Å². The summed E-state index contributed by atoms with van der Waals surface area (Å²) in [7, 11) is 0. The molecular weight excluding hydrogens is 508 g/mol. The number of ether oxygens (including phenoxy) is 2. The number of carboxylic acids is 1. The highest BCUT2D eigenvalue weighted by Gasteiger charge is 2.35. The third kappa shape index (κ3) is 6.18. The lowest BCUT2D eigenvalue weighted by atomic mass is 9.98. The molecule has 2 aliphatic carbocycles.